The van der Waals surface area contributed by atoms with Crippen LogP contribution in [0.25, 0.3) is 0 Å². The topological polar surface area (TPSA) is 96.0 Å². The van der Waals surface area contributed by atoms with Gasteiger partial charge in [0.1, 0.15) is 5.75 Å². The molecule has 0 spiro atoms. The molecule has 1 aliphatic heterocycles. The Balaban J connectivity index is 1.54. The first-order chi connectivity index (χ1) is 15.2. The lowest BCUT2D eigenvalue weighted by atomic mass is 10.1. The number of nitrogens with one attached hydrogen (secondary N) is 4. The standard InChI is InChI=1S/C23H35N7O/c1-16-15-19(9-10-20(16)31-2)27-23-29-21(25-17-7-5-3-4-6-8-17)28-22(30-23)26-18-11-13-24-14-12-18/h9-10,15,17-18,24H,3-8,11-14H2,1-2H3,(H3,25,26,27,28,29,30). The molecule has 0 atom stereocenters. The van der Waals surface area contributed by atoms with Crippen molar-refractivity contribution in [3.8, 4) is 5.75 Å². The second-order valence-corrected chi connectivity index (χ2v) is 8.62. The van der Waals surface area contributed by atoms with Crippen LogP contribution in [-0.4, -0.2) is 47.2 Å². The van der Waals surface area contributed by atoms with Crippen molar-refractivity contribution in [1.82, 2.24) is 20.3 Å². The van der Waals surface area contributed by atoms with E-state index < -0.39 is 0 Å². The van der Waals surface area contributed by atoms with Crippen LogP contribution < -0.4 is 26.0 Å². The van der Waals surface area contributed by atoms with Crippen LogP contribution in [0.15, 0.2) is 18.2 Å². The second kappa shape index (κ2) is 10.6. The van der Waals surface area contributed by atoms with Crippen LogP contribution in [0, 0.1) is 6.92 Å². The van der Waals surface area contributed by atoms with Gasteiger partial charge in [0.15, 0.2) is 0 Å². The highest BCUT2D eigenvalue weighted by molar-refractivity contribution is 5.58. The third-order valence-electron chi connectivity index (χ3n) is 6.15. The number of hydrogen-bond acceptors (Lipinski definition) is 8. The van der Waals surface area contributed by atoms with Gasteiger partial charge in [-0.05, 0) is 69.5 Å². The Hall–Kier alpha value is -2.61. The van der Waals surface area contributed by atoms with Gasteiger partial charge in [0.05, 0.1) is 7.11 Å². The average Bonchev–Trinajstić information content (AvgIpc) is 3.03. The smallest absolute Gasteiger partial charge is 0.233 e. The number of ether oxygens (including phenoxy) is 1. The van der Waals surface area contributed by atoms with Crippen molar-refractivity contribution in [2.24, 2.45) is 0 Å². The number of anilines is 4. The summed E-state index contributed by atoms with van der Waals surface area (Å²) in [6.45, 7) is 4.07. The van der Waals surface area contributed by atoms with Crippen LogP contribution in [0.2, 0.25) is 0 Å². The van der Waals surface area contributed by atoms with Gasteiger partial charge in [0, 0.05) is 17.8 Å². The molecule has 1 aliphatic carbocycles. The predicted molar refractivity (Wildman–Crippen MR) is 125 cm³/mol. The molecule has 0 bridgehead atoms. The molecule has 0 unspecified atom stereocenters. The number of piperidine rings is 1. The molecule has 31 heavy (non-hydrogen) atoms. The van der Waals surface area contributed by atoms with Gasteiger partial charge in [0.2, 0.25) is 17.8 Å². The van der Waals surface area contributed by atoms with E-state index in [1.54, 1.807) is 7.11 Å². The molecule has 2 fully saturated rings. The molecule has 1 aromatic carbocycles. The highest BCUT2D eigenvalue weighted by atomic mass is 16.5. The molecule has 0 radical (unpaired) electrons. The van der Waals surface area contributed by atoms with Crippen molar-refractivity contribution in [1.29, 1.82) is 0 Å². The second-order valence-electron chi connectivity index (χ2n) is 8.62. The van der Waals surface area contributed by atoms with Gasteiger partial charge in [-0.1, -0.05) is 25.7 Å². The lowest BCUT2D eigenvalue weighted by Gasteiger charge is -2.24. The predicted octanol–water partition coefficient (Wildman–Crippen LogP) is 4.23. The summed E-state index contributed by atoms with van der Waals surface area (Å²) in [6.07, 6.45) is 9.64. The van der Waals surface area contributed by atoms with Crippen molar-refractivity contribution < 1.29 is 4.74 Å². The Morgan fingerprint density at radius 2 is 1.45 bits per heavy atom. The van der Waals surface area contributed by atoms with E-state index in [0.29, 0.717) is 29.9 Å². The quantitative estimate of drug-likeness (QED) is 0.490. The summed E-state index contributed by atoms with van der Waals surface area (Å²) >= 11 is 0. The van der Waals surface area contributed by atoms with Gasteiger partial charge >= 0.3 is 0 Å². The maximum atomic E-state index is 5.37. The maximum absolute atomic E-state index is 5.37. The molecule has 4 N–H and O–H groups in total. The van der Waals surface area contributed by atoms with E-state index in [0.717, 1.165) is 42.9 Å². The summed E-state index contributed by atoms with van der Waals surface area (Å²) in [4.78, 5) is 14.1. The zero-order chi connectivity index (χ0) is 21.5. The lowest BCUT2D eigenvalue weighted by molar-refractivity contribution is 0.412. The number of methoxy groups -OCH3 is 1. The molecule has 1 saturated carbocycles. The molecule has 2 aliphatic rings. The van der Waals surface area contributed by atoms with E-state index in [9.17, 15) is 0 Å². The van der Waals surface area contributed by atoms with Gasteiger partial charge in [-0.2, -0.15) is 15.0 Å². The van der Waals surface area contributed by atoms with Crippen molar-refractivity contribution >= 4 is 23.5 Å². The summed E-state index contributed by atoms with van der Waals surface area (Å²) in [5.74, 6) is 2.69. The number of rotatable bonds is 7. The highest BCUT2D eigenvalue weighted by Crippen LogP contribution is 2.25. The Labute approximate surface area is 185 Å². The molecule has 4 rings (SSSR count). The first-order valence-corrected chi connectivity index (χ1v) is 11.6. The van der Waals surface area contributed by atoms with Gasteiger partial charge in [-0.3, -0.25) is 0 Å². The molecule has 1 saturated heterocycles. The van der Waals surface area contributed by atoms with Gasteiger partial charge in [0.25, 0.3) is 0 Å². The Bertz CT molecular complexity index is 846. The van der Waals surface area contributed by atoms with Crippen LogP contribution in [0.1, 0.15) is 56.9 Å². The number of hydrogen-bond donors (Lipinski definition) is 4. The Morgan fingerprint density at radius 3 is 2.06 bits per heavy atom. The number of aromatic nitrogens is 3. The largest absolute Gasteiger partial charge is 0.496 e. The molecular weight excluding hydrogens is 390 g/mol. The summed E-state index contributed by atoms with van der Waals surface area (Å²) in [5, 5.41) is 13.9. The number of benzene rings is 1. The summed E-state index contributed by atoms with van der Waals surface area (Å²) in [7, 11) is 1.69. The average molecular weight is 426 g/mol. The van der Waals surface area contributed by atoms with Crippen molar-refractivity contribution in [2.45, 2.75) is 70.4 Å². The minimum Gasteiger partial charge on any atom is -0.496 e. The molecule has 1 aromatic heterocycles. The van der Waals surface area contributed by atoms with E-state index in [-0.39, 0.29) is 0 Å². The van der Waals surface area contributed by atoms with E-state index >= 15 is 0 Å². The van der Waals surface area contributed by atoms with Crippen LogP contribution in [0.4, 0.5) is 23.5 Å². The van der Waals surface area contributed by atoms with E-state index in [1.165, 1.54) is 38.5 Å². The fourth-order valence-corrected chi connectivity index (χ4v) is 4.40. The van der Waals surface area contributed by atoms with Gasteiger partial charge in [-0.15, -0.1) is 0 Å². The summed E-state index contributed by atoms with van der Waals surface area (Å²) in [6, 6.07) is 6.78. The third-order valence-corrected chi connectivity index (χ3v) is 6.15. The van der Waals surface area contributed by atoms with Crippen LogP contribution in [-0.2, 0) is 0 Å². The van der Waals surface area contributed by atoms with E-state index in [2.05, 4.69) is 26.3 Å². The molecule has 2 heterocycles. The fraction of sp³-hybridized carbons (Fsp3) is 0.609. The zero-order valence-corrected chi connectivity index (χ0v) is 18.7. The van der Waals surface area contributed by atoms with Crippen molar-refractivity contribution in [2.75, 3.05) is 36.1 Å². The van der Waals surface area contributed by atoms with Crippen molar-refractivity contribution in [3.05, 3.63) is 23.8 Å². The maximum Gasteiger partial charge on any atom is 0.233 e. The normalized spacial score (nSPS) is 18.3. The van der Waals surface area contributed by atoms with Crippen LogP contribution in [0.3, 0.4) is 0 Å². The third kappa shape index (κ3) is 6.19. The Morgan fingerprint density at radius 1 is 0.839 bits per heavy atom. The summed E-state index contributed by atoms with van der Waals surface area (Å²) in [5.41, 5.74) is 1.99. The summed E-state index contributed by atoms with van der Waals surface area (Å²) < 4.78 is 5.37. The zero-order valence-electron chi connectivity index (χ0n) is 18.7. The molecule has 2 aromatic rings. The first-order valence-electron chi connectivity index (χ1n) is 11.6. The monoisotopic (exact) mass is 425 g/mol. The molecule has 0 amide bonds. The first kappa shape index (κ1) is 21.6. The van der Waals surface area contributed by atoms with Crippen molar-refractivity contribution in [3.63, 3.8) is 0 Å². The number of nitrogens with zero attached hydrogens (tertiary/aromatic N) is 3. The van der Waals surface area contributed by atoms with Gasteiger partial charge in [-0.25, -0.2) is 0 Å². The molecule has 8 heteroatoms. The lowest BCUT2D eigenvalue weighted by Crippen LogP contribution is -2.36. The molecular formula is C23H35N7O. The highest BCUT2D eigenvalue weighted by Gasteiger charge is 2.18. The fourth-order valence-electron chi connectivity index (χ4n) is 4.40. The molecule has 168 valence electrons. The number of aryl methyl sites for hydroxylation is 1. The SMILES string of the molecule is COc1ccc(Nc2nc(NC3CCCCCC3)nc(NC3CCNCC3)n2)cc1C. The minimum absolute atomic E-state index is 0.380. The molecule has 8 nitrogen and oxygen atoms in total. The van der Waals surface area contributed by atoms with E-state index in [4.69, 9.17) is 14.7 Å². The Kier molecular flexibility index (Phi) is 7.40. The van der Waals surface area contributed by atoms with Gasteiger partial charge < -0.3 is 26.0 Å². The van der Waals surface area contributed by atoms with Crippen LogP contribution in [0.5, 0.6) is 5.75 Å². The minimum atomic E-state index is 0.380. The van der Waals surface area contributed by atoms with E-state index in [1.807, 2.05) is 25.1 Å². The van der Waals surface area contributed by atoms with Crippen LogP contribution >= 0.6 is 0 Å².